The van der Waals surface area contributed by atoms with E-state index in [4.69, 9.17) is 17.3 Å². The number of hydrogen-bond acceptors (Lipinski definition) is 2. The molecule has 0 saturated carbocycles. The van der Waals surface area contributed by atoms with Crippen molar-refractivity contribution < 1.29 is 17.6 Å². The molecule has 0 saturated heterocycles. The maximum Gasteiger partial charge on any atom is 0.435 e. The van der Waals surface area contributed by atoms with Crippen molar-refractivity contribution in [3.05, 3.63) is 46.5 Å². The van der Waals surface area contributed by atoms with E-state index < -0.39 is 17.7 Å². The Hall–Kier alpha value is -1.60. The van der Waals surface area contributed by atoms with Gasteiger partial charge in [0.2, 0.25) is 0 Å². The summed E-state index contributed by atoms with van der Waals surface area (Å²) in [4.78, 5) is 0. The highest BCUT2D eigenvalue weighted by molar-refractivity contribution is 6.30. The van der Waals surface area contributed by atoms with E-state index in [1.165, 1.54) is 12.1 Å². The van der Waals surface area contributed by atoms with Gasteiger partial charge in [0.15, 0.2) is 5.69 Å². The topological polar surface area (TPSA) is 43.8 Å². The number of nitrogens with zero attached hydrogens (tertiary/aromatic N) is 2. The fourth-order valence-electron chi connectivity index (χ4n) is 1.54. The number of benzene rings is 1. The molecular weight excluding hydrogens is 286 g/mol. The van der Waals surface area contributed by atoms with E-state index in [0.717, 1.165) is 16.8 Å². The summed E-state index contributed by atoms with van der Waals surface area (Å²) < 4.78 is 51.7. The molecule has 0 atom stereocenters. The predicted molar refractivity (Wildman–Crippen MR) is 61.4 cm³/mol. The first-order valence-corrected chi connectivity index (χ1v) is 5.52. The van der Waals surface area contributed by atoms with Crippen molar-refractivity contribution in [3.8, 4) is 5.69 Å². The Morgan fingerprint density at radius 1 is 1.26 bits per heavy atom. The van der Waals surface area contributed by atoms with Gasteiger partial charge in [-0.3, -0.25) is 0 Å². The van der Waals surface area contributed by atoms with Crippen LogP contribution in [0.5, 0.6) is 0 Å². The molecular formula is C11H8ClF4N3. The molecule has 0 unspecified atom stereocenters. The number of rotatable bonds is 2. The Morgan fingerprint density at radius 2 is 1.95 bits per heavy atom. The molecule has 0 radical (unpaired) electrons. The van der Waals surface area contributed by atoms with Crippen molar-refractivity contribution >= 4 is 11.6 Å². The molecule has 0 spiro atoms. The van der Waals surface area contributed by atoms with E-state index in [1.807, 2.05) is 0 Å². The van der Waals surface area contributed by atoms with E-state index in [-0.39, 0.29) is 22.9 Å². The summed E-state index contributed by atoms with van der Waals surface area (Å²) in [6, 6.07) is 4.35. The third kappa shape index (κ3) is 2.71. The quantitative estimate of drug-likeness (QED) is 0.865. The van der Waals surface area contributed by atoms with Crippen LogP contribution < -0.4 is 5.73 Å². The van der Waals surface area contributed by atoms with Crippen LogP contribution in [-0.4, -0.2) is 9.78 Å². The molecule has 19 heavy (non-hydrogen) atoms. The van der Waals surface area contributed by atoms with Crippen molar-refractivity contribution in [2.45, 2.75) is 12.7 Å². The van der Waals surface area contributed by atoms with Crippen LogP contribution in [0.25, 0.3) is 5.69 Å². The summed E-state index contributed by atoms with van der Waals surface area (Å²) in [5, 5.41) is 3.22. The number of halogens is 5. The van der Waals surface area contributed by atoms with Gasteiger partial charge in [-0.2, -0.15) is 18.3 Å². The van der Waals surface area contributed by atoms with Gasteiger partial charge in [0.25, 0.3) is 0 Å². The number of alkyl halides is 3. The van der Waals surface area contributed by atoms with Gasteiger partial charge in [-0.15, -0.1) is 0 Å². The lowest BCUT2D eigenvalue weighted by atomic mass is 10.3. The van der Waals surface area contributed by atoms with Crippen LogP contribution in [0.4, 0.5) is 17.6 Å². The summed E-state index contributed by atoms with van der Waals surface area (Å²) in [6.07, 6.45) is -4.57. The van der Waals surface area contributed by atoms with E-state index in [1.54, 1.807) is 0 Å². The molecule has 0 amide bonds. The monoisotopic (exact) mass is 293 g/mol. The number of nitrogens with two attached hydrogens (primary N) is 1. The summed E-state index contributed by atoms with van der Waals surface area (Å²) in [6.45, 7) is -0.141. The molecule has 0 bridgehead atoms. The Kier molecular flexibility index (Phi) is 3.51. The van der Waals surface area contributed by atoms with Gasteiger partial charge in [0.1, 0.15) is 5.82 Å². The predicted octanol–water partition coefficient (Wildman–Crippen LogP) is 3.14. The van der Waals surface area contributed by atoms with Crippen LogP contribution in [0.2, 0.25) is 5.02 Å². The Balaban J connectivity index is 2.54. The molecule has 8 heteroatoms. The van der Waals surface area contributed by atoms with E-state index >= 15 is 0 Å². The van der Waals surface area contributed by atoms with Crippen molar-refractivity contribution in [2.75, 3.05) is 0 Å². The van der Waals surface area contributed by atoms with Gasteiger partial charge in [-0.1, -0.05) is 11.6 Å². The first-order chi connectivity index (χ1) is 8.82. The van der Waals surface area contributed by atoms with Crippen LogP contribution in [0, 0.1) is 5.82 Å². The van der Waals surface area contributed by atoms with Crippen LogP contribution in [0.15, 0.2) is 24.3 Å². The molecule has 3 nitrogen and oxygen atoms in total. The van der Waals surface area contributed by atoms with Gasteiger partial charge < -0.3 is 5.73 Å². The minimum atomic E-state index is -4.57. The normalized spacial score (nSPS) is 11.9. The molecule has 2 rings (SSSR count). The highest BCUT2D eigenvalue weighted by atomic mass is 35.5. The SMILES string of the molecule is NCc1cc(C(F)(F)F)nn1-c1ccc(F)c(Cl)c1. The van der Waals surface area contributed by atoms with Crippen LogP contribution in [0.3, 0.4) is 0 Å². The molecule has 102 valence electrons. The van der Waals surface area contributed by atoms with Gasteiger partial charge >= 0.3 is 6.18 Å². The second-order valence-electron chi connectivity index (χ2n) is 3.73. The maximum atomic E-state index is 13.0. The van der Waals surface area contributed by atoms with Crippen molar-refractivity contribution in [1.82, 2.24) is 9.78 Å². The lowest BCUT2D eigenvalue weighted by Crippen LogP contribution is -2.09. The Morgan fingerprint density at radius 3 is 2.47 bits per heavy atom. The average molecular weight is 294 g/mol. The Bertz CT molecular complexity index is 606. The van der Waals surface area contributed by atoms with Crippen molar-refractivity contribution in [3.63, 3.8) is 0 Å². The highest BCUT2D eigenvalue weighted by Crippen LogP contribution is 2.30. The molecule has 0 aliphatic carbocycles. The first-order valence-electron chi connectivity index (χ1n) is 5.14. The standard InChI is InChI=1S/C11H8ClF4N3/c12-8-3-6(1-2-9(8)13)19-7(5-17)4-10(18-19)11(14,15)16/h1-4H,5,17H2. The summed E-state index contributed by atoms with van der Waals surface area (Å²) in [7, 11) is 0. The lowest BCUT2D eigenvalue weighted by Gasteiger charge is -2.06. The largest absolute Gasteiger partial charge is 0.435 e. The van der Waals surface area contributed by atoms with E-state index in [2.05, 4.69) is 5.10 Å². The summed E-state index contributed by atoms with van der Waals surface area (Å²) >= 11 is 5.59. The van der Waals surface area contributed by atoms with Crippen LogP contribution in [0.1, 0.15) is 11.4 Å². The summed E-state index contributed by atoms with van der Waals surface area (Å²) in [5.74, 6) is -0.664. The van der Waals surface area contributed by atoms with Crippen LogP contribution in [-0.2, 0) is 12.7 Å². The fraction of sp³-hybridized carbons (Fsp3) is 0.182. The second-order valence-corrected chi connectivity index (χ2v) is 4.14. The minimum Gasteiger partial charge on any atom is -0.325 e. The minimum absolute atomic E-state index is 0.141. The lowest BCUT2D eigenvalue weighted by molar-refractivity contribution is -0.141. The molecule has 1 heterocycles. The van der Waals surface area contributed by atoms with Gasteiger partial charge in [-0.25, -0.2) is 9.07 Å². The molecule has 0 fully saturated rings. The third-order valence-corrected chi connectivity index (χ3v) is 2.72. The van der Waals surface area contributed by atoms with Crippen molar-refractivity contribution in [1.29, 1.82) is 0 Å². The highest BCUT2D eigenvalue weighted by Gasteiger charge is 2.34. The molecule has 0 aliphatic heterocycles. The molecule has 2 N–H and O–H groups in total. The van der Waals surface area contributed by atoms with Gasteiger partial charge in [0, 0.05) is 6.54 Å². The second kappa shape index (κ2) is 4.82. The zero-order valence-electron chi connectivity index (χ0n) is 9.38. The first kappa shape index (κ1) is 13.8. The molecule has 1 aromatic carbocycles. The van der Waals surface area contributed by atoms with Gasteiger partial charge in [-0.05, 0) is 24.3 Å². The Labute approximate surface area is 110 Å². The summed E-state index contributed by atoms with van der Waals surface area (Å²) in [5.41, 5.74) is 4.67. The number of hydrogen-bond donors (Lipinski definition) is 1. The molecule has 2 aromatic rings. The zero-order valence-corrected chi connectivity index (χ0v) is 10.1. The van der Waals surface area contributed by atoms with Gasteiger partial charge in [0.05, 0.1) is 16.4 Å². The maximum absolute atomic E-state index is 13.0. The van der Waals surface area contributed by atoms with Crippen molar-refractivity contribution in [2.24, 2.45) is 5.73 Å². The third-order valence-electron chi connectivity index (χ3n) is 2.43. The number of aromatic nitrogens is 2. The smallest absolute Gasteiger partial charge is 0.325 e. The molecule has 0 aliphatic rings. The van der Waals surface area contributed by atoms with E-state index in [9.17, 15) is 17.6 Å². The van der Waals surface area contributed by atoms with E-state index in [0.29, 0.717) is 0 Å². The average Bonchev–Trinajstić information content (AvgIpc) is 2.76. The zero-order chi connectivity index (χ0) is 14.2. The molecule has 1 aromatic heterocycles. The fourth-order valence-corrected chi connectivity index (χ4v) is 1.72. The van der Waals surface area contributed by atoms with Crippen LogP contribution >= 0.6 is 11.6 Å².